The van der Waals surface area contributed by atoms with Gasteiger partial charge in [-0.25, -0.2) is 0 Å². The molecule has 0 radical (unpaired) electrons. The molecule has 1 aromatic carbocycles. The first-order chi connectivity index (χ1) is 14.8. The average Bonchev–Trinajstić information content (AvgIpc) is 2.72. The summed E-state index contributed by atoms with van der Waals surface area (Å²) in [5.41, 5.74) is 7.07. The van der Waals surface area contributed by atoms with Crippen LogP contribution in [0.3, 0.4) is 0 Å². The van der Waals surface area contributed by atoms with Gasteiger partial charge in [0.05, 0.1) is 11.1 Å². The van der Waals surface area contributed by atoms with Crippen molar-refractivity contribution in [1.29, 1.82) is 0 Å². The summed E-state index contributed by atoms with van der Waals surface area (Å²) in [6, 6.07) is 10.6. The van der Waals surface area contributed by atoms with Gasteiger partial charge in [-0.3, -0.25) is 4.98 Å². The molecule has 0 unspecified atom stereocenters. The van der Waals surface area contributed by atoms with E-state index in [1.807, 2.05) is 20.8 Å². The zero-order valence-corrected chi connectivity index (χ0v) is 23.5. The van der Waals surface area contributed by atoms with Crippen molar-refractivity contribution in [3.8, 4) is 23.6 Å². The van der Waals surface area contributed by atoms with Crippen LogP contribution >= 0.6 is 0 Å². The standard InChI is InChI=1S/C19H21N.2C5H12.C2H6/c1-7-19(5,6)16-10-8-14(3)17(12-16)18-11-9-13(2)15(4)20-18;1-5(2,3)4;1-3-5-4-2;1-2/h1,8-12H,2-6H3;1-4H3;3-5H2,1-2H3;1-2H3. The molecule has 0 aliphatic rings. The lowest BCUT2D eigenvalue weighted by atomic mass is 9.83. The van der Waals surface area contributed by atoms with Gasteiger partial charge in [-0.05, 0) is 68.9 Å². The second kappa shape index (κ2) is 15.7. The van der Waals surface area contributed by atoms with Crippen molar-refractivity contribution in [2.75, 3.05) is 0 Å². The van der Waals surface area contributed by atoms with Crippen LogP contribution in [0, 0.1) is 38.5 Å². The summed E-state index contributed by atoms with van der Waals surface area (Å²) < 4.78 is 0. The van der Waals surface area contributed by atoms with Gasteiger partial charge < -0.3 is 0 Å². The van der Waals surface area contributed by atoms with Gasteiger partial charge in [0.1, 0.15) is 0 Å². The Morgan fingerprint density at radius 3 is 1.66 bits per heavy atom. The molecule has 0 saturated carbocycles. The summed E-state index contributed by atoms with van der Waals surface area (Å²) in [6.07, 6.45) is 9.72. The number of benzene rings is 1. The molecular weight excluding hydrogens is 386 g/mol. The molecule has 0 spiro atoms. The predicted molar refractivity (Wildman–Crippen MR) is 147 cm³/mol. The average molecular weight is 438 g/mol. The first kappa shape index (κ1) is 32.1. The summed E-state index contributed by atoms with van der Waals surface area (Å²) in [5, 5.41) is 0. The van der Waals surface area contributed by atoms with E-state index in [4.69, 9.17) is 11.4 Å². The molecule has 180 valence electrons. The number of unbranched alkanes of at least 4 members (excludes halogenated alkanes) is 2. The van der Waals surface area contributed by atoms with Crippen molar-refractivity contribution in [3.63, 3.8) is 0 Å². The van der Waals surface area contributed by atoms with Crippen LogP contribution in [-0.2, 0) is 5.41 Å². The highest BCUT2D eigenvalue weighted by molar-refractivity contribution is 5.65. The first-order valence-corrected chi connectivity index (χ1v) is 12.3. The van der Waals surface area contributed by atoms with Crippen molar-refractivity contribution in [1.82, 2.24) is 4.98 Å². The number of hydrogen-bond donors (Lipinski definition) is 0. The largest absolute Gasteiger partial charge is 0.253 e. The maximum absolute atomic E-state index is 5.64. The van der Waals surface area contributed by atoms with Crippen LogP contribution in [0.25, 0.3) is 11.3 Å². The molecule has 0 aliphatic carbocycles. The smallest absolute Gasteiger partial charge is 0.0708 e. The highest BCUT2D eigenvalue weighted by atomic mass is 14.7. The molecule has 1 heteroatoms. The summed E-state index contributed by atoms with van der Waals surface area (Å²) in [5.74, 6) is 2.86. The molecule has 1 nitrogen and oxygen atoms in total. The molecule has 0 N–H and O–H groups in total. The van der Waals surface area contributed by atoms with E-state index in [9.17, 15) is 0 Å². The lowest BCUT2D eigenvalue weighted by molar-refractivity contribution is 0.469. The van der Waals surface area contributed by atoms with Crippen molar-refractivity contribution in [2.24, 2.45) is 5.41 Å². The molecule has 2 rings (SSSR count). The summed E-state index contributed by atoms with van der Waals surface area (Å²) in [7, 11) is 0. The Labute approximate surface area is 201 Å². The van der Waals surface area contributed by atoms with E-state index in [-0.39, 0.29) is 5.41 Å². The minimum absolute atomic E-state index is 0.262. The molecule has 0 bridgehead atoms. The minimum Gasteiger partial charge on any atom is -0.253 e. The van der Waals surface area contributed by atoms with Crippen LogP contribution in [0.4, 0.5) is 0 Å². The van der Waals surface area contributed by atoms with Crippen molar-refractivity contribution in [3.05, 3.63) is 52.7 Å². The van der Waals surface area contributed by atoms with E-state index in [2.05, 4.69) is 105 Å². The number of pyridine rings is 1. The Kier molecular flexibility index (Phi) is 15.7. The normalized spacial score (nSPS) is 10.4. The van der Waals surface area contributed by atoms with Gasteiger partial charge >= 0.3 is 0 Å². The number of rotatable bonds is 4. The van der Waals surface area contributed by atoms with E-state index in [0.29, 0.717) is 5.41 Å². The fourth-order valence-corrected chi connectivity index (χ4v) is 2.50. The topological polar surface area (TPSA) is 12.9 Å². The molecule has 0 aliphatic heterocycles. The highest BCUT2D eigenvalue weighted by Crippen LogP contribution is 2.29. The minimum atomic E-state index is -0.262. The molecule has 1 aromatic heterocycles. The molecule has 0 fully saturated rings. The van der Waals surface area contributed by atoms with Crippen LogP contribution in [0.2, 0.25) is 0 Å². The third kappa shape index (κ3) is 13.4. The van der Waals surface area contributed by atoms with Gasteiger partial charge in [-0.1, -0.05) is 98.8 Å². The molecular formula is C31H51N. The maximum atomic E-state index is 5.64. The monoisotopic (exact) mass is 437 g/mol. The SMILES string of the molecule is C#CC(C)(C)c1ccc(C)c(-c2ccc(C)c(C)n2)c1.CC.CC(C)(C)C.CCCCC. The van der Waals surface area contributed by atoms with E-state index in [0.717, 1.165) is 22.5 Å². The second-order valence-corrected chi connectivity index (χ2v) is 10.3. The fourth-order valence-electron chi connectivity index (χ4n) is 2.50. The molecule has 1 heterocycles. The Morgan fingerprint density at radius 2 is 1.28 bits per heavy atom. The lowest BCUT2D eigenvalue weighted by Crippen LogP contribution is -2.14. The molecule has 32 heavy (non-hydrogen) atoms. The molecule has 0 atom stereocenters. The molecule has 0 saturated heterocycles. The third-order valence-electron chi connectivity index (χ3n) is 4.65. The van der Waals surface area contributed by atoms with Gasteiger partial charge in [0, 0.05) is 11.3 Å². The van der Waals surface area contributed by atoms with E-state index in [1.54, 1.807) is 0 Å². The second-order valence-electron chi connectivity index (χ2n) is 10.3. The van der Waals surface area contributed by atoms with Crippen molar-refractivity contribution < 1.29 is 0 Å². The van der Waals surface area contributed by atoms with E-state index < -0.39 is 0 Å². The Morgan fingerprint density at radius 1 is 0.812 bits per heavy atom. The van der Waals surface area contributed by atoms with E-state index in [1.165, 1.54) is 30.4 Å². The zero-order chi connectivity index (χ0) is 25.5. The van der Waals surface area contributed by atoms with Gasteiger partial charge in [-0.2, -0.15) is 0 Å². The predicted octanol–water partition coefficient (Wildman–Crippen LogP) is 9.86. The number of nitrogens with zero attached hydrogens (tertiary/aromatic N) is 1. The first-order valence-electron chi connectivity index (χ1n) is 12.3. The Balaban J connectivity index is 0. The van der Waals surface area contributed by atoms with Crippen LogP contribution in [0.1, 0.15) is 111 Å². The fraction of sp³-hybridized carbons (Fsp3) is 0.581. The van der Waals surface area contributed by atoms with E-state index >= 15 is 0 Å². The zero-order valence-electron chi connectivity index (χ0n) is 23.5. The third-order valence-corrected chi connectivity index (χ3v) is 4.65. The van der Waals surface area contributed by atoms with Gasteiger partial charge in [-0.15, -0.1) is 6.42 Å². The number of hydrogen-bond acceptors (Lipinski definition) is 1. The highest BCUT2D eigenvalue weighted by Gasteiger charge is 2.18. The quantitative estimate of drug-likeness (QED) is 0.434. The van der Waals surface area contributed by atoms with Crippen LogP contribution in [0.15, 0.2) is 30.3 Å². The Bertz CT molecular complexity index is 805. The van der Waals surface area contributed by atoms with Crippen LogP contribution in [-0.4, -0.2) is 4.98 Å². The number of aromatic nitrogens is 1. The van der Waals surface area contributed by atoms with Crippen molar-refractivity contribution >= 4 is 0 Å². The van der Waals surface area contributed by atoms with Gasteiger partial charge in [0.25, 0.3) is 0 Å². The molecule has 2 aromatic rings. The maximum Gasteiger partial charge on any atom is 0.0708 e. The number of aryl methyl sites for hydroxylation is 3. The van der Waals surface area contributed by atoms with Crippen LogP contribution < -0.4 is 0 Å². The van der Waals surface area contributed by atoms with Gasteiger partial charge in [0.15, 0.2) is 0 Å². The Hall–Kier alpha value is -2.07. The summed E-state index contributed by atoms with van der Waals surface area (Å²) in [4.78, 5) is 4.70. The summed E-state index contributed by atoms with van der Waals surface area (Å²) in [6.45, 7) is 27.5. The number of terminal acetylenes is 1. The van der Waals surface area contributed by atoms with Crippen molar-refractivity contribution in [2.45, 2.75) is 115 Å². The summed E-state index contributed by atoms with van der Waals surface area (Å²) >= 11 is 0. The lowest BCUT2D eigenvalue weighted by Gasteiger charge is -2.20. The van der Waals surface area contributed by atoms with Gasteiger partial charge in [0.2, 0.25) is 0 Å². The molecule has 0 amide bonds. The van der Waals surface area contributed by atoms with Crippen LogP contribution in [0.5, 0.6) is 0 Å².